The van der Waals surface area contributed by atoms with Crippen molar-refractivity contribution >= 4 is 56.7 Å². The van der Waals surface area contributed by atoms with Crippen LogP contribution in [0.2, 0.25) is 0 Å². The third kappa shape index (κ3) is 3.78. The van der Waals surface area contributed by atoms with Gasteiger partial charge in [0.25, 0.3) is 0 Å². The van der Waals surface area contributed by atoms with E-state index in [9.17, 15) is 0 Å². The van der Waals surface area contributed by atoms with E-state index < -0.39 is 0 Å². The second kappa shape index (κ2) is 8.34. The molecule has 142 valence electrons. The molecule has 0 aliphatic heterocycles. The van der Waals surface area contributed by atoms with Gasteiger partial charge in [-0.2, -0.15) is 0 Å². The zero-order valence-corrected chi connectivity index (χ0v) is 18.1. The number of anilines is 1. The first-order valence-electron chi connectivity index (χ1n) is 9.15. The van der Waals surface area contributed by atoms with Crippen LogP contribution in [0, 0.1) is 0 Å². The predicted octanol–water partition coefficient (Wildman–Crippen LogP) is 6.13. The molecule has 0 unspecified atom stereocenters. The summed E-state index contributed by atoms with van der Waals surface area (Å²) < 4.78 is 0. The van der Waals surface area contributed by atoms with Crippen molar-refractivity contribution in [2.75, 3.05) is 18.4 Å². The number of rotatable bonds is 5. The maximum atomic E-state index is 5.53. The van der Waals surface area contributed by atoms with Gasteiger partial charge in [-0.25, -0.2) is 9.97 Å². The predicted molar refractivity (Wildman–Crippen MR) is 125 cm³/mol. The van der Waals surface area contributed by atoms with Crippen LogP contribution >= 0.6 is 34.9 Å². The van der Waals surface area contributed by atoms with E-state index >= 15 is 0 Å². The van der Waals surface area contributed by atoms with Gasteiger partial charge < -0.3 is 10.2 Å². The minimum atomic E-state index is 0.728. The molecule has 0 saturated carbocycles. The van der Waals surface area contributed by atoms with Crippen LogP contribution in [0.4, 0.5) is 5.69 Å². The number of nitrogens with one attached hydrogen (secondary N) is 1. The summed E-state index contributed by atoms with van der Waals surface area (Å²) in [7, 11) is 0. The summed E-state index contributed by atoms with van der Waals surface area (Å²) in [5.41, 5.74) is 4.52. The van der Waals surface area contributed by atoms with Gasteiger partial charge in [0.15, 0.2) is 5.11 Å². The monoisotopic (exact) mass is 424 g/mol. The summed E-state index contributed by atoms with van der Waals surface area (Å²) in [5, 5.41) is 8.19. The molecule has 4 rings (SSSR count). The molecule has 0 atom stereocenters. The number of nitrogens with zero attached hydrogens (tertiary/aromatic N) is 3. The van der Waals surface area contributed by atoms with Gasteiger partial charge in [0.05, 0.1) is 20.8 Å². The molecule has 1 aromatic carbocycles. The highest BCUT2D eigenvalue weighted by molar-refractivity contribution is 7.80. The van der Waals surface area contributed by atoms with Crippen molar-refractivity contribution < 1.29 is 0 Å². The van der Waals surface area contributed by atoms with Crippen molar-refractivity contribution in [3.05, 3.63) is 53.2 Å². The molecule has 4 aromatic rings. The summed E-state index contributed by atoms with van der Waals surface area (Å²) in [4.78, 5) is 14.3. The molecular formula is C21H20N4S3. The Labute approximate surface area is 177 Å². The van der Waals surface area contributed by atoms with Crippen LogP contribution in [0.1, 0.15) is 13.8 Å². The molecule has 0 aliphatic rings. The fraction of sp³-hybridized carbons (Fsp3) is 0.190. The Morgan fingerprint density at radius 1 is 0.929 bits per heavy atom. The fourth-order valence-electron chi connectivity index (χ4n) is 3.02. The molecule has 0 amide bonds. The van der Waals surface area contributed by atoms with E-state index in [4.69, 9.17) is 22.2 Å². The van der Waals surface area contributed by atoms with Crippen molar-refractivity contribution in [1.82, 2.24) is 14.9 Å². The van der Waals surface area contributed by atoms with E-state index in [1.807, 2.05) is 30.3 Å². The minimum Gasteiger partial charge on any atom is -0.350 e. The van der Waals surface area contributed by atoms with Crippen LogP contribution in [0.25, 0.3) is 32.2 Å². The van der Waals surface area contributed by atoms with Gasteiger partial charge in [0.1, 0.15) is 11.4 Å². The molecule has 0 bridgehead atoms. The summed E-state index contributed by atoms with van der Waals surface area (Å²) in [6.45, 7) is 5.95. The Morgan fingerprint density at radius 3 is 2.07 bits per heavy atom. The molecule has 3 aromatic heterocycles. The summed E-state index contributed by atoms with van der Waals surface area (Å²) in [6, 6.07) is 14.3. The average Bonchev–Trinajstić information content (AvgIpc) is 3.42. The molecule has 0 radical (unpaired) electrons. The molecule has 1 N–H and O–H groups in total. The Kier molecular flexibility index (Phi) is 5.66. The lowest BCUT2D eigenvalue weighted by atomic mass is 10.2. The zero-order valence-electron chi connectivity index (χ0n) is 15.7. The molecule has 0 spiro atoms. The molecule has 4 nitrogen and oxygen atoms in total. The SMILES string of the molecule is CCN(CC)C(=S)Nc1ccc2nc(-c3cccs3)c(-c3cccs3)nc2c1. The molecule has 28 heavy (non-hydrogen) atoms. The van der Waals surface area contributed by atoms with Crippen LogP contribution in [-0.4, -0.2) is 33.1 Å². The Morgan fingerprint density at radius 2 is 1.54 bits per heavy atom. The lowest BCUT2D eigenvalue weighted by Gasteiger charge is -2.22. The lowest BCUT2D eigenvalue weighted by molar-refractivity contribution is 0.473. The van der Waals surface area contributed by atoms with E-state index in [0.717, 1.165) is 56.1 Å². The van der Waals surface area contributed by atoms with E-state index in [-0.39, 0.29) is 0 Å². The van der Waals surface area contributed by atoms with Crippen molar-refractivity contribution in [3.8, 4) is 21.1 Å². The highest BCUT2D eigenvalue weighted by atomic mass is 32.1. The number of fused-ring (bicyclic) bond motifs is 1. The van der Waals surface area contributed by atoms with Crippen molar-refractivity contribution in [2.45, 2.75) is 13.8 Å². The number of aromatic nitrogens is 2. The van der Waals surface area contributed by atoms with Gasteiger partial charge in [-0.1, -0.05) is 12.1 Å². The smallest absolute Gasteiger partial charge is 0.173 e. The van der Waals surface area contributed by atoms with Gasteiger partial charge in [-0.05, 0) is 67.2 Å². The van der Waals surface area contributed by atoms with Gasteiger partial charge in [-0.3, -0.25) is 0 Å². The van der Waals surface area contributed by atoms with E-state index in [1.165, 1.54) is 0 Å². The summed E-state index contributed by atoms with van der Waals surface area (Å²) in [6.07, 6.45) is 0. The van der Waals surface area contributed by atoms with Gasteiger partial charge >= 0.3 is 0 Å². The Hall–Kier alpha value is -2.35. The molecule has 0 saturated heterocycles. The third-order valence-electron chi connectivity index (χ3n) is 4.48. The lowest BCUT2D eigenvalue weighted by Crippen LogP contribution is -2.34. The number of hydrogen-bond acceptors (Lipinski definition) is 5. The molecule has 7 heteroatoms. The topological polar surface area (TPSA) is 41.0 Å². The highest BCUT2D eigenvalue weighted by Crippen LogP contribution is 2.35. The van der Waals surface area contributed by atoms with E-state index in [0.29, 0.717) is 0 Å². The average molecular weight is 425 g/mol. The molecule has 0 fully saturated rings. The second-order valence-corrected chi connectivity index (χ2v) is 8.46. The number of thiophene rings is 2. The van der Waals surface area contributed by atoms with Crippen LogP contribution in [-0.2, 0) is 0 Å². The normalized spacial score (nSPS) is 10.9. The summed E-state index contributed by atoms with van der Waals surface area (Å²) in [5.74, 6) is 0. The van der Waals surface area contributed by atoms with Crippen LogP contribution < -0.4 is 5.32 Å². The second-order valence-electron chi connectivity index (χ2n) is 6.18. The largest absolute Gasteiger partial charge is 0.350 e. The summed E-state index contributed by atoms with van der Waals surface area (Å²) >= 11 is 8.89. The van der Waals surface area contributed by atoms with Crippen LogP contribution in [0.3, 0.4) is 0 Å². The van der Waals surface area contributed by atoms with Crippen molar-refractivity contribution in [2.24, 2.45) is 0 Å². The van der Waals surface area contributed by atoms with E-state index in [1.54, 1.807) is 22.7 Å². The first-order chi connectivity index (χ1) is 13.7. The number of benzene rings is 1. The van der Waals surface area contributed by atoms with E-state index in [2.05, 4.69) is 47.0 Å². The molecule has 3 heterocycles. The molecular weight excluding hydrogens is 404 g/mol. The Balaban J connectivity index is 1.77. The first kappa shape index (κ1) is 19.0. The maximum absolute atomic E-state index is 5.53. The van der Waals surface area contributed by atoms with Crippen LogP contribution in [0.15, 0.2) is 53.2 Å². The van der Waals surface area contributed by atoms with Gasteiger partial charge in [-0.15, -0.1) is 22.7 Å². The van der Waals surface area contributed by atoms with Crippen LogP contribution in [0.5, 0.6) is 0 Å². The van der Waals surface area contributed by atoms with Crippen molar-refractivity contribution in [3.63, 3.8) is 0 Å². The number of thiocarbonyl (C=S) groups is 1. The molecule has 0 aliphatic carbocycles. The fourth-order valence-corrected chi connectivity index (χ4v) is 4.82. The third-order valence-corrected chi connectivity index (χ3v) is 6.59. The van der Waals surface area contributed by atoms with Crippen molar-refractivity contribution in [1.29, 1.82) is 0 Å². The van der Waals surface area contributed by atoms with Gasteiger partial charge in [0.2, 0.25) is 0 Å². The maximum Gasteiger partial charge on any atom is 0.173 e. The number of hydrogen-bond donors (Lipinski definition) is 1. The highest BCUT2D eigenvalue weighted by Gasteiger charge is 2.15. The quantitative estimate of drug-likeness (QED) is 0.391. The standard InChI is InChI=1S/C21H20N4S3/c1-3-25(4-2)21(26)22-14-9-10-15-16(13-14)24-20(18-8-6-12-28-18)19(23-15)17-7-5-11-27-17/h5-13H,3-4H2,1-2H3,(H,22,26). The zero-order chi connectivity index (χ0) is 19.5. The first-order valence-corrected chi connectivity index (χ1v) is 11.3. The Bertz CT molecular complexity index is 1080. The van der Waals surface area contributed by atoms with Gasteiger partial charge in [0, 0.05) is 18.8 Å². The minimum absolute atomic E-state index is 0.728.